The first-order chi connectivity index (χ1) is 10.9. The molecule has 130 valence electrons. The molecule has 2 aromatic rings. The van der Waals surface area contributed by atoms with E-state index in [0.717, 1.165) is 17.0 Å². The number of nitrogens with one attached hydrogen (secondary N) is 1. The third kappa shape index (κ3) is 4.03. The number of fused-ring (bicyclic) bond motifs is 1. The number of carbonyl (C=O) groups is 2. The molecular weight excluding hydrogens is 328 g/mol. The SMILES string of the molecule is CC(C)(C)OC(=O)Nc1c(C(=O)O)sc2nc(C(C)(C)C)ccc12. The normalized spacial score (nSPS) is 12.2. The number of pyridine rings is 1. The van der Waals surface area contributed by atoms with Crippen LogP contribution in [0.25, 0.3) is 10.2 Å². The van der Waals surface area contributed by atoms with Crippen LogP contribution in [0.15, 0.2) is 12.1 Å². The molecule has 0 aliphatic carbocycles. The van der Waals surface area contributed by atoms with Crippen LogP contribution in [0, 0.1) is 0 Å². The van der Waals surface area contributed by atoms with Crippen LogP contribution >= 0.6 is 11.3 Å². The van der Waals surface area contributed by atoms with Crippen molar-refractivity contribution in [3.05, 3.63) is 22.7 Å². The Morgan fingerprint density at radius 2 is 1.79 bits per heavy atom. The topological polar surface area (TPSA) is 88.5 Å². The van der Waals surface area contributed by atoms with Crippen molar-refractivity contribution in [2.75, 3.05) is 5.32 Å². The molecule has 0 fully saturated rings. The van der Waals surface area contributed by atoms with Gasteiger partial charge in [-0.2, -0.15) is 0 Å². The lowest BCUT2D eigenvalue weighted by atomic mass is 9.91. The Kier molecular flexibility index (Phi) is 4.59. The number of amides is 1. The molecule has 7 heteroatoms. The molecule has 0 bridgehead atoms. The predicted octanol–water partition coefficient (Wildman–Crippen LogP) is 4.64. The summed E-state index contributed by atoms with van der Waals surface area (Å²) >= 11 is 1.04. The summed E-state index contributed by atoms with van der Waals surface area (Å²) in [6, 6.07) is 3.64. The number of ether oxygens (including phenoxy) is 1. The number of aromatic carboxylic acids is 1. The molecule has 0 radical (unpaired) electrons. The van der Waals surface area contributed by atoms with Crippen LogP contribution in [0.5, 0.6) is 0 Å². The summed E-state index contributed by atoms with van der Waals surface area (Å²) in [5, 5.41) is 12.6. The summed E-state index contributed by atoms with van der Waals surface area (Å²) in [6.45, 7) is 11.3. The smallest absolute Gasteiger partial charge is 0.412 e. The van der Waals surface area contributed by atoms with Gasteiger partial charge >= 0.3 is 12.1 Å². The molecule has 2 N–H and O–H groups in total. The molecule has 24 heavy (non-hydrogen) atoms. The van der Waals surface area contributed by atoms with Crippen molar-refractivity contribution >= 4 is 39.3 Å². The minimum absolute atomic E-state index is 0.0365. The second-order valence-electron chi connectivity index (χ2n) is 7.54. The molecule has 0 saturated heterocycles. The Bertz CT molecular complexity index is 797. The molecule has 0 saturated carbocycles. The van der Waals surface area contributed by atoms with Crippen molar-refractivity contribution in [3.63, 3.8) is 0 Å². The maximum atomic E-state index is 12.0. The van der Waals surface area contributed by atoms with Gasteiger partial charge < -0.3 is 9.84 Å². The number of nitrogens with zero attached hydrogens (tertiary/aromatic N) is 1. The number of carboxylic acid groups (broad SMARTS) is 1. The highest BCUT2D eigenvalue weighted by Gasteiger charge is 2.25. The Morgan fingerprint density at radius 3 is 2.29 bits per heavy atom. The third-order valence-corrected chi connectivity index (χ3v) is 4.23. The van der Waals surface area contributed by atoms with Crippen molar-refractivity contribution in [1.29, 1.82) is 0 Å². The molecule has 0 atom stereocenters. The maximum absolute atomic E-state index is 12.0. The molecule has 2 rings (SSSR count). The van der Waals surface area contributed by atoms with Gasteiger partial charge in [0.15, 0.2) is 0 Å². The highest BCUT2D eigenvalue weighted by atomic mass is 32.1. The van der Waals surface area contributed by atoms with E-state index in [2.05, 4.69) is 10.3 Å². The Balaban J connectivity index is 2.49. The fraction of sp³-hybridized carbons (Fsp3) is 0.471. The highest BCUT2D eigenvalue weighted by molar-refractivity contribution is 7.21. The molecular formula is C17H22N2O4S. The zero-order valence-electron chi connectivity index (χ0n) is 14.7. The second kappa shape index (κ2) is 6.05. The van der Waals surface area contributed by atoms with E-state index >= 15 is 0 Å². The Labute approximate surface area is 144 Å². The summed E-state index contributed by atoms with van der Waals surface area (Å²) in [6.07, 6.45) is -0.690. The number of carbonyl (C=O) groups excluding carboxylic acids is 1. The summed E-state index contributed by atoms with van der Waals surface area (Å²) in [5.74, 6) is -1.11. The van der Waals surface area contributed by atoms with Gasteiger partial charge in [-0.15, -0.1) is 11.3 Å². The second-order valence-corrected chi connectivity index (χ2v) is 8.54. The molecule has 2 heterocycles. The van der Waals surface area contributed by atoms with Crippen molar-refractivity contribution in [2.24, 2.45) is 0 Å². The van der Waals surface area contributed by atoms with E-state index < -0.39 is 17.7 Å². The number of thiophene rings is 1. The lowest BCUT2D eigenvalue weighted by Crippen LogP contribution is -2.27. The van der Waals surface area contributed by atoms with Gasteiger partial charge in [-0.05, 0) is 32.9 Å². The van der Waals surface area contributed by atoms with Crippen LogP contribution in [0.1, 0.15) is 56.9 Å². The first kappa shape index (κ1) is 18.2. The molecule has 2 aromatic heterocycles. The summed E-state index contributed by atoms with van der Waals surface area (Å²) < 4.78 is 5.21. The van der Waals surface area contributed by atoms with E-state index in [4.69, 9.17) is 4.74 Å². The van der Waals surface area contributed by atoms with E-state index in [1.807, 2.05) is 26.8 Å². The first-order valence-electron chi connectivity index (χ1n) is 7.56. The van der Waals surface area contributed by atoms with Gasteiger partial charge in [0, 0.05) is 16.5 Å². The van der Waals surface area contributed by atoms with Crippen molar-refractivity contribution in [3.8, 4) is 0 Å². The van der Waals surface area contributed by atoms with Crippen LogP contribution in [0.4, 0.5) is 10.5 Å². The molecule has 0 spiro atoms. The summed E-state index contributed by atoms with van der Waals surface area (Å²) in [4.78, 5) is 28.7. The summed E-state index contributed by atoms with van der Waals surface area (Å²) in [7, 11) is 0. The number of carboxylic acids is 1. The highest BCUT2D eigenvalue weighted by Crippen LogP contribution is 2.36. The zero-order valence-corrected chi connectivity index (χ0v) is 15.5. The number of anilines is 1. The van der Waals surface area contributed by atoms with E-state index in [1.165, 1.54) is 0 Å². The molecule has 6 nitrogen and oxygen atoms in total. The first-order valence-corrected chi connectivity index (χ1v) is 8.37. The van der Waals surface area contributed by atoms with Crippen molar-refractivity contribution in [2.45, 2.75) is 52.6 Å². The number of rotatable bonds is 2. The van der Waals surface area contributed by atoms with Gasteiger partial charge in [0.2, 0.25) is 0 Å². The fourth-order valence-electron chi connectivity index (χ4n) is 2.08. The van der Waals surface area contributed by atoms with Gasteiger partial charge in [0.25, 0.3) is 0 Å². The molecule has 1 amide bonds. The van der Waals surface area contributed by atoms with E-state index in [-0.39, 0.29) is 16.0 Å². The van der Waals surface area contributed by atoms with Gasteiger partial charge in [-0.25, -0.2) is 14.6 Å². The summed E-state index contributed by atoms with van der Waals surface area (Å²) in [5.41, 5.74) is 0.263. The quantitative estimate of drug-likeness (QED) is 0.824. The predicted molar refractivity (Wildman–Crippen MR) is 95.1 cm³/mol. The zero-order chi connectivity index (χ0) is 18.3. The standard InChI is InChI=1S/C17H22N2O4S/c1-16(2,3)10-8-7-9-11(19-15(22)23-17(4,5)6)12(14(20)21)24-13(9)18-10/h7-8H,1-6H3,(H,19,22)(H,20,21). The van der Waals surface area contributed by atoms with E-state index in [9.17, 15) is 14.7 Å². The van der Waals surface area contributed by atoms with Crippen LogP contribution in [-0.4, -0.2) is 27.8 Å². The number of hydrogen-bond acceptors (Lipinski definition) is 5. The van der Waals surface area contributed by atoms with Crippen LogP contribution in [0.3, 0.4) is 0 Å². The minimum Gasteiger partial charge on any atom is -0.477 e. The van der Waals surface area contributed by atoms with Crippen LogP contribution in [-0.2, 0) is 10.2 Å². The van der Waals surface area contributed by atoms with E-state index in [0.29, 0.717) is 10.2 Å². The minimum atomic E-state index is -1.11. The molecule has 0 unspecified atom stereocenters. The lowest BCUT2D eigenvalue weighted by molar-refractivity contribution is 0.0636. The Hall–Kier alpha value is -2.15. The fourth-order valence-corrected chi connectivity index (χ4v) is 3.04. The van der Waals surface area contributed by atoms with Crippen molar-refractivity contribution < 1.29 is 19.4 Å². The van der Waals surface area contributed by atoms with Crippen LogP contribution < -0.4 is 5.32 Å². The average Bonchev–Trinajstić information content (AvgIpc) is 2.73. The van der Waals surface area contributed by atoms with Gasteiger partial charge in [-0.1, -0.05) is 20.8 Å². The van der Waals surface area contributed by atoms with Gasteiger partial charge in [-0.3, -0.25) is 5.32 Å². The van der Waals surface area contributed by atoms with E-state index in [1.54, 1.807) is 26.8 Å². The average molecular weight is 350 g/mol. The van der Waals surface area contributed by atoms with Crippen LogP contribution in [0.2, 0.25) is 0 Å². The van der Waals surface area contributed by atoms with Gasteiger partial charge in [0.1, 0.15) is 15.3 Å². The third-order valence-electron chi connectivity index (χ3n) is 3.14. The number of hydrogen-bond donors (Lipinski definition) is 2. The monoisotopic (exact) mass is 350 g/mol. The molecule has 0 aliphatic heterocycles. The largest absolute Gasteiger partial charge is 0.477 e. The lowest BCUT2D eigenvalue weighted by Gasteiger charge is -2.20. The maximum Gasteiger partial charge on any atom is 0.412 e. The van der Waals surface area contributed by atoms with Crippen molar-refractivity contribution in [1.82, 2.24) is 4.98 Å². The number of aromatic nitrogens is 1. The Morgan fingerprint density at radius 1 is 1.17 bits per heavy atom. The molecule has 0 aromatic carbocycles. The molecule has 0 aliphatic rings. The van der Waals surface area contributed by atoms with Gasteiger partial charge in [0.05, 0.1) is 5.69 Å².